The van der Waals surface area contributed by atoms with E-state index in [0.717, 1.165) is 43.6 Å². The van der Waals surface area contributed by atoms with Gasteiger partial charge in [-0.15, -0.1) is 13.2 Å². The van der Waals surface area contributed by atoms with E-state index in [-0.39, 0.29) is 12.0 Å². The molecule has 0 saturated carbocycles. The van der Waals surface area contributed by atoms with Gasteiger partial charge in [0.05, 0.1) is 13.2 Å². The maximum atomic E-state index is 12.3. The molecule has 28 heavy (non-hydrogen) atoms. The number of hydrogen-bond donors (Lipinski definition) is 0. The van der Waals surface area contributed by atoms with Gasteiger partial charge in [0.15, 0.2) is 6.29 Å². The number of rotatable bonds is 7. The van der Waals surface area contributed by atoms with Gasteiger partial charge in [-0.1, -0.05) is 44.4 Å². The summed E-state index contributed by atoms with van der Waals surface area (Å²) in [5, 5.41) is 0. The number of ether oxygens (including phenoxy) is 3. The first-order valence-electron chi connectivity index (χ1n) is 10.2. The molecule has 1 atom stereocenters. The zero-order chi connectivity index (χ0) is 20.0. The average Bonchev–Trinajstić information content (AvgIpc) is 2.68. The summed E-state index contributed by atoms with van der Waals surface area (Å²) in [4.78, 5) is 0. The summed E-state index contributed by atoms with van der Waals surface area (Å²) in [5.41, 5.74) is 2.09. The standard InChI is InChI=1S/C22H29F3O3/c1-2-3-4-5-16-14-26-21(27-15-16)19-8-6-17(7-9-19)18-10-12-20(13-11-18)28-22(23,24)25/h6,10-13,16,19,21H,2-5,7-9,14-15H2,1H3. The third-order valence-corrected chi connectivity index (χ3v) is 5.50. The Labute approximate surface area is 164 Å². The van der Waals surface area contributed by atoms with Gasteiger partial charge >= 0.3 is 6.36 Å². The molecule has 0 aromatic heterocycles. The number of hydrogen-bond acceptors (Lipinski definition) is 3. The quantitative estimate of drug-likeness (QED) is 0.502. The van der Waals surface area contributed by atoms with E-state index in [1.54, 1.807) is 12.1 Å². The van der Waals surface area contributed by atoms with Crippen LogP contribution in [0.5, 0.6) is 5.75 Å². The topological polar surface area (TPSA) is 27.7 Å². The molecule has 1 aliphatic carbocycles. The third-order valence-electron chi connectivity index (χ3n) is 5.50. The normalized spacial score (nSPS) is 26.0. The van der Waals surface area contributed by atoms with Crippen molar-refractivity contribution in [2.24, 2.45) is 11.8 Å². The first-order valence-corrected chi connectivity index (χ1v) is 10.2. The Morgan fingerprint density at radius 3 is 2.36 bits per heavy atom. The Morgan fingerprint density at radius 2 is 1.79 bits per heavy atom. The molecule has 156 valence electrons. The van der Waals surface area contributed by atoms with Crippen LogP contribution in [0, 0.1) is 11.8 Å². The predicted molar refractivity (Wildman–Crippen MR) is 102 cm³/mol. The fraction of sp³-hybridized carbons (Fsp3) is 0.636. The largest absolute Gasteiger partial charge is 0.573 e. The van der Waals surface area contributed by atoms with Crippen LogP contribution in [0.15, 0.2) is 30.3 Å². The van der Waals surface area contributed by atoms with Gasteiger partial charge in [-0.2, -0.15) is 0 Å². The lowest BCUT2D eigenvalue weighted by atomic mass is 9.86. The lowest BCUT2D eigenvalue weighted by Gasteiger charge is -2.35. The molecule has 1 aliphatic heterocycles. The van der Waals surface area contributed by atoms with Crippen molar-refractivity contribution >= 4 is 5.57 Å². The molecule has 1 unspecified atom stereocenters. The van der Waals surface area contributed by atoms with Crippen LogP contribution in [-0.2, 0) is 9.47 Å². The third kappa shape index (κ3) is 6.24. The minimum Gasteiger partial charge on any atom is -0.406 e. The van der Waals surface area contributed by atoms with Crippen LogP contribution in [0.2, 0.25) is 0 Å². The zero-order valence-corrected chi connectivity index (χ0v) is 16.3. The Kier molecular flexibility index (Phi) is 7.41. The lowest BCUT2D eigenvalue weighted by molar-refractivity contribution is -0.274. The van der Waals surface area contributed by atoms with Gasteiger partial charge in [-0.3, -0.25) is 0 Å². The van der Waals surface area contributed by atoms with Crippen LogP contribution in [-0.4, -0.2) is 25.9 Å². The van der Waals surface area contributed by atoms with E-state index in [9.17, 15) is 13.2 Å². The van der Waals surface area contributed by atoms with Crippen molar-refractivity contribution in [2.75, 3.05) is 13.2 Å². The number of allylic oxidation sites excluding steroid dienone is 2. The van der Waals surface area contributed by atoms with Crippen molar-refractivity contribution in [3.05, 3.63) is 35.9 Å². The highest BCUT2D eigenvalue weighted by Crippen LogP contribution is 2.35. The molecule has 6 heteroatoms. The number of benzene rings is 1. The van der Waals surface area contributed by atoms with E-state index in [2.05, 4.69) is 17.7 Å². The molecule has 0 N–H and O–H groups in total. The zero-order valence-electron chi connectivity index (χ0n) is 16.3. The van der Waals surface area contributed by atoms with Crippen molar-refractivity contribution in [3.63, 3.8) is 0 Å². The molecule has 1 heterocycles. The molecule has 1 aromatic carbocycles. The smallest absolute Gasteiger partial charge is 0.406 e. The van der Waals surface area contributed by atoms with Crippen molar-refractivity contribution in [1.29, 1.82) is 0 Å². The van der Waals surface area contributed by atoms with Gasteiger partial charge in [0.1, 0.15) is 5.75 Å². The summed E-state index contributed by atoms with van der Waals surface area (Å²) in [6, 6.07) is 6.09. The first kappa shape index (κ1) is 21.2. The summed E-state index contributed by atoms with van der Waals surface area (Å²) in [7, 11) is 0. The first-order chi connectivity index (χ1) is 13.4. The van der Waals surface area contributed by atoms with Crippen LogP contribution in [0.25, 0.3) is 5.57 Å². The van der Waals surface area contributed by atoms with Crippen molar-refractivity contribution in [2.45, 2.75) is 64.5 Å². The molecule has 0 bridgehead atoms. The molecular formula is C22H29F3O3. The number of unbranched alkanes of at least 4 members (excludes halogenated alkanes) is 2. The Morgan fingerprint density at radius 1 is 1.07 bits per heavy atom. The molecule has 0 radical (unpaired) electrons. The van der Waals surface area contributed by atoms with E-state index >= 15 is 0 Å². The summed E-state index contributed by atoms with van der Waals surface area (Å²) in [6.45, 7) is 3.77. The van der Waals surface area contributed by atoms with Gasteiger partial charge in [0, 0.05) is 11.8 Å². The van der Waals surface area contributed by atoms with Crippen LogP contribution in [0.3, 0.4) is 0 Å². The molecule has 0 spiro atoms. The van der Waals surface area contributed by atoms with Crippen LogP contribution in [0.4, 0.5) is 13.2 Å². The van der Waals surface area contributed by atoms with E-state index in [1.807, 2.05) is 0 Å². The fourth-order valence-electron chi connectivity index (χ4n) is 3.91. The number of alkyl halides is 3. The van der Waals surface area contributed by atoms with E-state index in [1.165, 1.54) is 37.8 Å². The summed E-state index contributed by atoms with van der Waals surface area (Å²) in [6.07, 6.45) is 4.95. The predicted octanol–water partition coefficient (Wildman–Crippen LogP) is 6.34. The number of halogens is 3. The molecule has 1 saturated heterocycles. The van der Waals surface area contributed by atoms with E-state index in [0.29, 0.717) is 11.8 Å². The molecule has 0 amide bonds. The monoisotopic (exact) mass is 398 g/mol. The molecule has 2 aliphatic rings. The van der Waals surface area contributed by atoms with Crippen LogP contribution in [0.1, 0.15) is 57.4 Å². The highest BCUT2D eigenvalue weighted by molar-refractivity contribution is 5.66. The minimum atomic E-state index is -4.66. The molecule has 1 fully saturated rings. The Bertz CT molecular complexity index is 631. The Balaban J connectivity index is 1.47. The van der Waals surface area contributed by atoms with E-state index < -0.39 is 6.36 Å². The van der Waals surface area contributed by atoms with E-state index in [4.69, 9.17) is 9.47 Å². The second-order valence-corrected chi connectivity index (χ2v) is 7.73. The molecule has 3 nitrogen and oxygen atoms in total. The van der Waals surface area contributed by atoms with Gasteiger partial charge in [-0.25, -0.2) is 0 Å². The van der Waals surface area contributed by atoms with Gasteiger partial charge in [0.2, 0.25) is 0 Å². The SMILES string of the molecule is CCCCCC1COC(C2CC=C(c3ccc(OC(F)(F)F)cc3)CC2)OC1. The van der Waals surface area contributed by atoms with Gasteiger partial charge < -0.3 is 14.2 Å². The maximum Gasteiger partial charge on any atom is 0.573 e. The van der Waals surface area contributed by atoms with Gasteiger partial charge in [-0.05, 0) is 49.0 Å². The van der Waals surface area contributed by atoms with Crippen molar-refractivity contribution in [1.82, 2.24) is 0 Å². The summed E-state index contributed by atoms with van der Waals surface area (Å²) < 4.78 is 52.7. The summed E-state index contributed by atoms with van der Waals surface area (Å²) >= 11 is 0. The second kappa shape index (κ2) is 9.79. The second-order valence-electron chi connectivity index (χ2n) is 7.73. The van der Waals surface area contributed by atoms with Gasteiger partial charge in [0.25, 0.3) is 0 Å². The van der Waals surface area contributed by atoms with Crippen LogP contribution >= 0.6 is 0 Å². The summed E-state index contributed by atoms with van der Waals surface area (Å²) in [5.74, 6) is 0.658. The highest BCUT2D eigenvalue weighted by Gasteiger charge is 2.32. The van der Waals surface area contributed by atoms with Crippen molar-refractivity contribution in [3.8, 4) is 5.75 Å². The molecule has 3 rings (SSSR count). The van der Waals surface area contributed by atoms with Crippen molar-refractivity contribution < 1.29 is 27.4 Å². The highest BCUT2D eigenvalue weighted by atomic mass is 19.4. The molecular weight excluding hydrogens is 369 g/mol. The minimum absolute atomic E-state index is 0.136. The van der Waals surface area contributed by atoms with Crippen LogP contribution < -0.4 is 4.74 Å². The maximum absolute atomic E-state index is 12.3. The average molecular weight is 398 g/mol. The molecule has 1 aromatic rings. The lowest BCUT2D eigenvalue weighted by Crippen LogP contribution is -2.37. The Hall–Kier alpha value is -1.53. The fourth-order valence-corrected chi connectivity index (χ4v) is 3.91.